The van der Waals surface area contributed by atoms with Crippen LogP contribution in [0.5, 0.6) is 0 Å². The Kier molecular flexibility index (Phi) is 4.43. The lowest BCUT2D eigenvalue weighted by molar-refractivity contribution is 0.0693. The van der Waals surface area contributed by atoms with E-state index in [1.54, 1.807) is 10.9 Å². The average molecular weight is 313 g/mol. The smallest absolute Gasteiger partial charge is 0.255 e. The third-order valence-electron chi connectivity index (χ3n) is 4.46. The van der Waals surface area contributed by atoms with Crippen molar-refractivity contribution in [2.24, 2.45) is 11.7 Å². The molecular formula is C17H23N5O. The van der Waals surface area contributed by atoms with Crippen LogP contribution >= 0.6 is 0 Å². The molecule has 2 N–H and O–H groups in total. The number of amides is 1. The van der Waals surface area contributed by atoms with Crippen LogP contribution in [-0.4, -0.2) is 45.2 Å². The van der Waals surface area contributed by atoms with Crippen molar-refractivity contribution in [3.8, 4) is 5.82 Å². The first-order valence-electron chi connectivity index (χ1n) is 8.07. The number of nitrogens with two attached hydrogens (primary N) is 1. The van der Waals surface area contributed by atoms with Crippen LogP contribution in [0.25, 0.3) is 5.82 Å². The highest BCUT2D eigenvalue weighted by Gasteiger charge is 2.23. The Morgan fingerprint density at radius 3 is 2.57 bits per heavy atom. The summed E-state index contributed by atoms with van der Waals surface area (Å²) in [6.07, 6.45) is 3.61. The Hall–Kier alpha value is -2.21. The molecule has 1 amide bonds. The minimum absolute atomic E-state index is 0.0490. The fraction of sp³-hybridized carbons (Fsp3) is 0.471. The molecule has 1 saturated heterocycles. The minimum Gasteiger partial charge on any atom is -0.339 e. The molecule has 2 aromatic rings. The van der Waals surface area contributed by atoms with Gasteiger partial charge in [0, 0.05) is 25.0 Å². The van der Waals surface area contributed by atoms with Crippen LogP contribution in [-0.2, 0) is 0 Å². The van der Waals surface area contributed by atoms with Crippen LogP contribution < -0.4 is 5.73 Å². The van der Waals surface area contributed by atoms with Crippen molar-refractivity contribution < 1.29 is 4.79 Å². The zero-order valence-electron chi connectivity index (χ0n) is 13.7. The van der Waals surface area contributed by atoms with Crippen LogP contribution in [0, 0.1) is 19.8 Å². The summed E-state index contributed by atoms with van der Waals surface area (Å²) < 4.78 is 1.79. The van der Waals surface area contributed by atoms with Crippen LogP contribution in [0.3, 0.4) is 0 Å². The van der Waals surface area contributed by atoms with Gasteiger partial charge in [0.15, 0.2) is 5.82 Å². The van der Waals surface area contributed by atoms with Crippen molar-refractivity contribution in [2.45, 2.75) is 26.7 Å². The third kappa shape index (κ3) is 3.27. The van der Waals surface area contributed by atoms with E-state index in [4.69, 9.17) is 5.73 Å². The lowest BCUT2D eigenvalue weighted by Gasteiger charge is -2.31. The number of nitrogens with zero attached hydrogens (tertiary/aromatic N) is 4. The van der Waals surface area contributed by atoms with E-state index in [1.165, 1.54) is 0 Å². The molecule has 3 rings (SSSR count). The molecule has 2 aromatic heterocycles. The maximum absolute atomic E-state index is 12.5. The molecule has 6 nitrogen and oxygen atoms in total. The van der Waals surface area contributed by atoms with Crippen molar-refractivity contribution in [1.82, 2.24) is 19.7 Å². The molecule has 0 spiro atoms. The van der Waals surface area contributed by atoms with E-state index in [9.17, 15) is 4.79 Å². The monoisotopic (exact) mass is 313 g/mol. The number of rotatable bonds is 3. The third-order valence-corrected chi connectivity index (χ3v) is 4.46. The molecule has 1 aliphatic rings. The highest BCUT2D eigenvalue weighted by Crippen LogP contribution is 2.18. The number of pyridine rings is 1. The van der Waals surface area contributed by atoms with Crippen molar-refractivity contribution in [1.29, 1.82) is 0 Å². The maximum atomic E-state index is 12.5. The first-order valence-corrected chi connectivity index (χ1v) is 8.07. The van der Waals surface area contributed by atoms with Gasteiger partial charge < -0.3 is 10.6 Å². The summed E-state index contributed by atoms with van der Waals surface area (Å²) in [6.45, 7) is 6.20. The number of aryl methyl sites for hydroxylation is 2. The Labute approximate surface area is 136 Å². The average Bonchev–Trinajstić information content (AvgIpc) is 2.93. The highest BCUT2D eigenvalue weighted by molar-refractivity contribution is 5.94. The Morgan fingerprint density at radius 1 is 1.30 bits per heavy atom. The molecule has 23 heavy (non-hydrogen) atoms. The number of carbonyl (C=O) groups excluding carboxylic acids is 1. The second kappa shape index (κ2) is 6.50. The molecule has 1 fully saturated rings. The normalized spacial score (nSPS) is 15.9. The van der Waals surface area contributed by atoms with E-state index < -0.39 is 0 Å². The highest BCUT2D eigenvalue weighted by atomic mass is 16.2. The van der Waals surface area contributed by atoms with Crippen molar-refractivity contribution in [3.05, 3.63) is 41.3 Å². The van der Waals surface area contributed by atoms with Gasteiger partial charge in [-0.3, -0.25) is 4.79 Å². The summed E-state index contributed by atoms with van der Waals surface area (Å²) in [7, 11) is 0. The van der Waals surface area contributed by atoms with Gasteiger partial charge in [-0.15, -0.1) is 0 Å². The summed E-state index contributed by atoms with van der Waals surface area (Å²) >= 11 is 0. The van der Waals surface area contributed by atoms with E-state index in [2.05, 4.69) is 10.1 Å². The fourth-order valence-corrected chi connectivity index (χ4v) is 3.05. The fourth-order valence-electron chi connectivity index (χ4n) is 3.05. The molecule has 122 valence electrons. The van der Waals surface area contributed by atoms with E-state index in [0.717, 1.165) is 43.1 Å². The molecule has 0 unspecified atom stereocenters. The predicted molar refractivity (Wildman–Crippen MR) is 88.5 cm³/mol. The molecule has 3 heterocycles. The Morgan fingerprint density at radius 2 is 2.04 bits per heavy atom. The Balaban J connectivity index is 1.72. The summed E-state index contributed by atoms with van der Waals surface area (Å²) in [5.41, 5.74) is 8.30. The van der Waals surface area contributed by atoms with Crippen LogP contribution in [0.1, 0.15) is 34.6 Å². The van der Waals surface area contributed by atoms with Gasteiger partial charge in [0.25, 0.3) is 5.91 Å². The minimum atomic E-state index is 0.0490. The van der Waals surface area contributed by atoms with E-state index in [0.29, 0.717) is 18.0 Å². The van der Waals surface area contributed by atoms with Gasteiger partial charge in [0.05, 0.1) is 11.3 Å². The second-order valence-electron chi connectivity index (χ2n) is 6.22. The lowest BCUT2D eigenvalue weighted by Crippen LogP contribution is -2.40. The maximum Gasteiger partial charge on any atom is 0.255 e. The van der Waals surface area contributed by atoms with E-state index in [-0.39, 0.29) is 5.91 Å². The van der Waals surface area contributed by atoms with Crippen LogP contribution in [0.2, 0.25) is 0 Å². The molecule has 1 aliphatic heterocycles. The molecular weight excluding hydrogens is 290 g/mol. The topological polar surface area (TPSA) is 77.0 Å². The Bertz CT molecular complexity index is 684. The zero-order valence-corrected chi connectivity index (χ0v) is 13.7. The van der Waals surface area contributed by atoms with Gasteiger partial charge in [-0.1, -0.05) is 0 Å². The largest absolute Gasteiger partial charge is 0.339 e. The number of hydrogen-bond donors (Lipinski definition) is 1. The SMILES string of the molecule is Cc1cc(C)n(-c2ccc(C(=O)N3CCC(CN)CC3)cn2)n1. The number of piperidine rings is 1. The summed E-state index contributed by atoms with van der Waals surface area (Å²) in [4.78, 5) is 18.8. The first-order chi connectivity index (χ1) is 11.1. The van der Waals surface area contributed by atoms with Gasteiger partial charge in [-0.05, 0) is 57.4 Å². The van der Waals surface area contributed by atoms with Gasteiger partial charge in [0.1, 0.15) is 0 Å². The lowest BCUT2D eigenvalue weighted by atomic mass is 9.97. The standard InChI is InChI=1S/C17H23N5O/c1-12-9-13(2)22(20-12)16-4-3-15(11-19-16)17(23)21-7-5-14(10-18)6-8-21/h3-4,9,11,14H,5-8,10,18H2,1-2H3. The first kappa shape index (κ1) is 15.7. The zero-order chi connectivity index (χ0) is 16.4. The molecule has 0 bridgehead atoms. The number of aromatic nitrogens is 3. The van der Waals surface area contributed by atoms with Gasteiger partial charge in [-0.2, -0.15) is 5.10 Å². The molecule has 0 radical (unpaired) electrons. The summed E-state index contributed by atoms with van der Waals surface area (Å²) in [5, 5.41) is 4.41. The van der Waals surface area contributed by atoms with Gasteiger partial charge >= 0.3 is 0 Å². The predicted octanol–water partition coefficient (Wildman–Crippen LogP) is 1.70. The number of hydrogen-bond acceptors (Lipinski definition) is 4. The quantitative estimate of drug-likeness (QED) is 0.935. The van der Waals surface area contributed by atoms with Crippen molar-refractivity contribution in [3.63, 3.8) is 0 Å². The molecule has 0 aromatic carbocycles. The number of likely N-dealkylation sites (tertiary alicyclic amines) is 1. The molecule has 0 saturated carbocycles. The van der Waals surface area contributed by atoms with Crippen LogP contribution in [0.15, 0.2) is 24.4 Å². The van der Waals surface area contributed by atoms with Gasteiger partial charge in [0.2, 0.25) is 0 Å². The van der Waals surface area contributed by atoms with Crippen LogP contribution in [0.4, 0.5) is 0 Å². The number of carbonyl (C=O) groups is 1. The molecule has 0 atom stereocenters. The van der Waals surface area contributed by atoms with Crippen molar-refractivity contribution >= 4 is 5.91 Å². The van der Waals surface area contributed by atoms with Crippen molar-refractivity contribution in [2.75, 3.05) is 19.6 Å². The van der Waals surface area contributed by atoms with Gasteiger partial charge in [-0.25, -0.2) is 9.67 Å². The molecule has 0 aliphatic carbocycles. The second-order valence-corrected chi connectivity index (χ2v) is 6.22. The summed E-state index contributed by atoms with van der Waals surface area (Å²) in [6, 6.07) is 5.68. The molecule has 6 heteroatoms. The van der Waals surface area contributed by atoms with E-state index >= 15 is 0 Å². The van der Waals surface area contributed by atoms with E-state index in [1.807, 2.05) is 36.9 Å². The summed E-state index contributed by atoms with van der Waals surface area (Å²) in [5.74, 6) is 1.33.